The number of phenols is 1. The largest absolute Gasteiger partial charge is 0.504 e. The predicted octanol–water partition coefficient (Wildman–Crippen LogP) is 2.56. The number of hydrogen-bond acceptors (Lipinski definition) is 7. The fourth-order valence-corrected chi connectivity index (χ4v) is 3.27. The lowest BCUT2D eigenvalue weighted by Crippen LogP contribution is -2.34. The van der Waals surface area contributed by atoms with Gasteiger partial charge in [-0.05, 0) is 37.6 Å². The molecule has 1 aromatic carbocycles. The second kappa shape index (κ2) is 8.16. The van der Waals surface area contributed by atoms with Crippen LogP contribution in [-0.4, -0.2) is 46.0 Å². The summed E-state index contributed by atoms with van der Waals surface area (Å²) in [6.07, 6.45) is 1.65. The number of aromatic hydroxyl groups is 1. The Balaban J connectivity index is 2.19. The molecule has 2 rings (SSSR count). The van der Waals surface area contributed by atoms with E-state index in [1.807, 2.05) is 6.92 Å². The number of ether oxygens (including phenoxy) is 2. The Hall–Kier alpha value is -2.06. The molecule has 8 heteroatoms. The van der Waals surface area contributed by atoms with E-state index in [1.54, 1.807) is 25.1 Å². The molecular formula is C16H17NO5S2. The summed E-state index contributed by atoms with van der Waals surface area (Å²) in [5.74, 6) is -0.473. The van der Waals surface area contributed by atoms with Crippen LogP contribution in [0.2, 0.25) is 0 Å². The number of rotatable bonds is 6. The minimum absolute atomic E-state index is 0.0314. The molecule has 0 radical (unpaired) electrons. The van der Waals surface area contributed by atoms with Crippen molar-refractivity contribution in [1.82, 2.24) is 4.90 Å². The van der Waals surface area contributed by atoms with Gasteiger partial charge in [-0.2, -0.15) is 0 Å². The third-order valence-corrected chi connectivity index (χ3v) is 4.43. The maximum Gasteiger partial charge on any atom is 0.326 e. The van der Waals surface area contributed by atoms with Gasteiger partial charge in [0.05, 0.1) is 18.1 Å². The van der Waals surface area contributed by atoms with Gasteiger partial charge in [0, 0.05) is 0 Å². The van der Waals surface area contributed by atoms with E-state index in [9.17, 15) is 14.7 Å². The number of thiocarbonyl (C=S) groups is 1. The Morgan fingerprint density at radius 1 is 1.38 bits per heavy atom. The van der Waals surface area contributed by atoms with Gasteiger partial charge in [0.15, 0.2) is 11.5 Å². The van der Waals surface area contributed by atoms with Crippen LogP contribution in [0.4, 0.5) is 0 Å². The van der Waals surface area contributed by atoms with Gasteiger partial charge in [-0.25, -0.2) is 0 Å². The summed E-state index contributed by atoms with van der Waals surface area (Å²) in [7, 11) is 0. The summed E-state index contributed by atoms with van der Waals surface area (Å²) in [5.41, 5.74) is 0.688. The monoisotopic (exact) mass is 367 g/mol. The van der Waals surface area contributed by atoms with Crippen LogP contribution < -0.4 is 4.74 Å². The highest BCUT2D eigenvalue weighted by Crippen LogP contribution is 2.34. The molecule has 1 aromatic rings. The number of amides is 1. The van der Waals surface area contributed by atoms with Crippen molar-refractivity contribution in [2.24, 2.45) is 0 Å². The smallest absolute Gasteiger partial charge is 0.326 e. The summed E-state index contributed by atoms with van der Waals surface area (Å²) < 4.78 is 10.5. The summed E-state index contributed by atoms with van der Waals surface area (Å²) in [6, 6.07) is 4.79. The minimum Gasteiger partial charge on any atom is -0.504 e. The van der Waals surface area contributed by atoms with Gasteiger partial charge in [0.2, 0.25) is 0 Å². The van der Waals surface area contributed by atoms with Crippen LogP contribution >= 0.6 is 24.0 Å². The quantitative estimate of drug-likeness (QED) is 0.470. The molecule has 6 nitrogen and oxygen atoms in total. The van der Waals surface area contributed by atoms with Gasteiger partial charge in [-0.1, -0.05) is 30.0 Å². The molecule has 0 aromatic heterocycles. The number of carbonyl (C=O) groups is 2. The second-order valence-corrected chi connectivity index (χ2v) is 6.41. The molecule has 0 aliphatic carbocycles. The molecule has 1 aliphatic heterocycles. The highest BCUT2D eigenvalue weighted by Gasteiger charge is 2.33. The fourth-order valence-electron chi connectivity index (χ4n) is 2.02. The summed E-state index contributed by atoms with van der Waals surface area (Å²) >= 11 is 6.27. The number of esters is 1. The van der Waals surface area contributed by atoms with Crippen molar-refractivity contribution in [2.75, 3.05) is 19.8 Å². The summed E-state index contributed by atoms with van der Waals surface area (Å²) in [4.78, 5) is 25.6. The molecule has 0 unspecified atom stereocenters. The zero-order valence-corrected chi connectivity index (χ0v) is 14.9. The van der Waals surface area contributed by atoms with Crippen LogP contribution in [0.15, 0.2) is 23.1 Å². The van der Waals surface area contributed by atoms with Crippen molar-refractivity contribution in [1.29, 1.82) is 0 Å². The van der Waals surface area contributed by atoms with E-state index < -0.39 is 5.97 Å². The van der Waals surface area contributed by atoms with Crippen LogP contribution in [0.25, 0.3) is 6.08 Å². The normalized spacial score (nSPS) is 15.9. The Labute approximate surface area is 149 Å². The molecule has 0 atom stereocenters. The molecule has 1 heterocycles. The summed E-state index contributed by atoms with van der Waals surface area (Å²) in [6.45, 7) is 3.97. The number of nitrogens with zero attached hydrogens (tertiary/aromatic N) is 1. The third kappa shape index (κ3) is 4.27. The van der Waals surface area contributed by atoms with Crippen molar-refractivity contribution in [3.8, 4) is 11.5 Å². The molecule has 1 aliphatic rings. The molecule has 0 bridgehead atoms. The lowest BCUT2D eigenvalue weighted by molar-refractivity contribution is -0.145. The van der Waals surface area contributed by atoms with Gasteiger partial charge in [-0.3, -0.25) is 14.5 Å². The first kappa shape index (κ1) is 18.3. The van der Waals surface area contributed by atoms with E-state index in [2.05, 4.69) is 0 Å². The highest BCUT2D eigenvalue weighted by atomic mass is 32.2. The molecule has 128 valence electrons. The molecule has 0 spiro atoms. The van der Waals surface area contributed by atoms with Crippen molar-refractivity contribution in [2.45, 2.75) is 13.8 Å². The van der Waals surface area contributed by atoms with Crippen LogP contribution in [0.3, 0.4) is 0 Å². The predicted molar refractivity (Wildman–Crippen MR) is 95.8 cm³/mol. The van der Waals surface area contributed by atoms with Crippen molar-refractivity contribution >= 4 is 46.3 Å². The summed E-state index contributed by atoms with van der Waals surface area (Å²) in [5, 5.41) is 9.71. The number of phenolic OH excluding ortho intramolecular Hbond substituents is 1. The zero-order valence-electron chi connectivity index (χ0n) is 13.3. The maximum atomic E-state index is 12.4. The first-order valence-corrected chi connectivity index (χ1v) is 8.55. The van der Waals surface area contributed by atoms with Crippen molar-refractivity contribution < 1.29 is 24.2 Å². The highest BCUT2D eigenvalue weighted by molar-refractivity contribution is 8.26. The molecular weight excluding hydrogens is 350 g/mol. The van der Waals surface area contributed by atoms with Crippen LogP contribution in [0.1, 0.15) is 19.4 Å². The molecule has 0 saturated carbocycles. The van der Waals surface area contributed by atoms with Crippen LogP contribution in [0, 0.1) is 0 Å². The maximum absolute atomic E-state index is 12.4. The first-order chi connectivity index (χ1) is 11.5. The topological polar surface area (TPSA) is 76.1 Å². The Kier molecular flexibility index (Phi) is 6.22. The Morgan fingerprint density at radius 2 is 2.12 bits per heavy atom. The van der Waals surface area contributed by atoms with Crippen molar-refractivity contribution in [3.05, 3.63) is 28.7 Å². The fraction of sp³-hybridized carbons (Fsp3) is 0.312. The van der Waals surface area contributed by atoms with E-state index in [-0.39, 0.29) is 24.8 Å². The van der Waals surface area contributed by atoms with E-state index in [0.29, 0.717) is 27.1 Å². The minimum atomic E-state index is -0.502. The van der Waals surface area contributed by atoms with E-state index in [4.69, 9.17) is 21.7 Å². The molecule has 1 amide bonds. The van der Waals surface area contributed by atoms with E-state index in [1.165, 1.54) is 11.0 Å². The van der Waals surface area contributed by atoms with Gasteiger partial charge in [-0.15, -0.1) is 0 Å². The first-order valence-electron chi connectivity index (χ1n) is 7.33. The third-order valence-electron chi connectivity index (χ3n) is 3.05. The van der Waals surface area contributed by atoms with Crippen LogP contribution in [-0.2, 0) is 14.3 Å². The molecule has 1 fully saturated rings. The van der Waals surface area contributed by atoms with E-state index in [0.717, 1.165) is 11.8 Å². The van der Waals surface area contributed by atoms with Gasteiger partial charge >= 0.3 is 5.97 Å². The molecule has 1 saturated heterocycles. The van der Waals surface area contributed by atoms with Crippen LogP contribution in [0.5, 0.6) is 11.5 Å². The lowest BCUT2D eigenvalue weighted by Gasteiger charge is -2.12. The zero-order chi connectivity index (χ0) is 17.7. The second-order valence-electron chi connectivity index (χ2n) is 4.73. The number of hydrogen-bond donors (Lipinski definition) is 1. The Bertz CT molecular complexity index is 702. The SMILES string of the molecule is CCOC(=O)CN1C(=O)/C(=C/c2ccc(O)c(OCC)c2)SC1=S. The number of carbonyl (C=O) groups excluding carboxylic acids is 2. The average Bonchev–Trinajstić information content (AvgIpc) is 2.79. The van der Waals surface area contributed by atoms with Gasteiger partial charge in [0.25, 0.3) is 5.91 Å². The number of thioether (sulfide) groups is 1. The molecule has 1 N–H and O–H groups in total. The Morgan fingerprint density at radius 3 is 2.79 bits per heavy atom. The van der Waals surface area contributed by atoms with Gasteiger partial charge < -0.3 is 14.6 Å². The standard InChI is InChI=1S/C16H17NO5S2/c1-3-21-12-7-10(5-6-11(12)18)8-13-15(20)17(16(23)24-13)9-14(19)22-4-2/h5-8,18H,3-4,9H2,1-2H3/b13-8-. The number of benzene rings is 1. The van der Waals surface area contributed by atoms with Gasteiger partial charge in [0.1, 0.15) is 10.9 Å². The van der Waals surface area contributed by atoms with Crippen molar-refractivity contribution in [3.63, 3.8) is 0 Å². The lowest BCUT2D eigenvalue weighted by atomic mass is 10.2. The average molecular weight is 367 g/mol. The molecule has 24 heavy (non-hydrogen) atoms. The van der Waals surface area contributed by atoms with E-state index >= 15 is 0 Å².